The molecule has 0 saturated carbocycles. The lowest BCUT2D eigenvalue weighted by molar-refractivity contribution is 0.450. The van der Waals surface area contributed by atoms with E-state index in [9.17, 15) is 10.2 Å². The number of rotatable bonds is 2. The van der Waals surface area contributed by atoms with E-state index < -0.39 is 0 Å². The van der Waals surface area contributed by atoms with Crippen LogP contribution in [0.3, 0.4) is 0 Å². The van der Waals surface area contributed by atoms with Gasteiger partial charge in [0.15, 0.2) is 0 Å². The van der Waals surface area contributed by atoms with Gasteiger partial charge < -0.3 is 16.1 Å². The lowest BCUT2D eigenvalue weighted by atomic mass is 10.1. The maximum absolute atomic E-state index is 9.91. The van der Waals surface area contributed by atoms with Gasteiger partial charge in [-0.1, -0.05) is 12.1 Å². The Bertz CT molecular complexity index is 778. The second-order valence-corrected chi connectivity index (χ2v) is 5.20. The molecule has 5 nitrogen and oxygen atoms in total. The summed E-state index contributed by atoms with van der Waals surface area (Å²) in [6.07, 6.45) is 0. The van der Waals surface area contributed by atoms with Crippen LogP contribution in [0, 0.1) is 0 Å². The second kappa shape index (κ2) is 4.82. The molecule has 6 heteroatoms. The van der Waals surface area contributed by atoms with Gasteiger partial charge in [-0.25, -0.2) is 4.98 Å². The number of hydrogen-bond donors (Lipinski definition) is 3. The Hall–Kier alpha value is -2.60. The number of phenolic OH excluding ortho intramolecular Hbond substituents is 2. The smallest absolute Gasteiger partial charge is 0.145 e. The maximum atomic E-state index is 9.91. The summed E-state index contributed by atoms with van der Waals surface area (Å²) < 4.78 is 1.02. The number of aromatic nitrogens is 1. The van der Waals surface area contributed by atoms with E-state index in [1.54, 1.807) is 6.07 Å². The van der Waals surface area contributed by atoms with Crippen molar-refractivity contribution in [3.8, 4) is 11.5 Å². The Morgan fingerprint density at radius 2 is 1.95 bits per heavy atom. The van der Waals surface area contributed by atoms with Crippen molar-refractivity contribution < 1.29 is 10.2 Å². The SMILES string of the molecule is N/N=C(/c1nc2ccccc2s1)c1ccc(O)cc1O. The molecule has 1 aromatic heterocycles. The Kier molecular flexibility index (Phi) is 3.00. The third-order valence-corrected chi connectivity index (χ3v) is 3.91. The van der Waals surface area contributed by atoms with Crippen LogP contribution < -0.4 is 5.84 Å². The molecule has 0 amide bonds. The van der Waals surface area contributed by atoms with Crippen LogP contribution in [-0.4, -0.2) is 20.9 Å². The summed E-state index contributed by atoms with van der Waals surface area (Å²) in [5.41, 5.74) is 1.68. The number of benzene rings is 2. The number of hydrogen-bond acceptors (Lipinski definition) is 6. The number of fused-ring (bicyclic) bond motifs is 1. The molecule has 4 N–H and O–H groups in total. The standard InChI is InChI=1S/C14H11N3O2S/c15-17-13(9-6-5-8(18)7-11(9)19)14-16-10-3-1-2-4-12(10)20-14/h1-7,18-19H,15H2/b17-13+. The molecule has 0 saturated heterocycles. The first-order chi connectivity index (χ1) is 9.69. The summed E-state index contributed by atoms with van der Waals surface area (Å²) in [6.45, 7) is 0. The lowest BCUT2D eigenvalue weighted by Gasteiger charge is -2.05. The predicted octanol–water partition coefficient (Wildman–Crippen LogP) is 2.42. The van der Waals surface area contributed by atoms with Gasteiger partial charge in [0.1, 0.15) is 22.2 Å². The number of thiazole rings is 1. The minimum Gasteiger partial charge on any atom is -0.508 e. The summed E-state index contributed by atoms with van der Waals surface area (Å²) in [5, 5.41) is 23.6. The Balaban J connectivity index is 2.14. The first-order valence-electron chi connectivity index (χ1n) is 5.85. The van der Waals surface area contributed by atoms with Crippen LogP contribution in [0.4, 0.5) is 0 Å². The molecule has 0 aliphatic rings. The highest BCUT2D eigenvalue weighted by molar-refractivity contribution is 7.20. The molecule has 3 rings (SSSR count). The molecule has 0 aliphatic heterocycles. The van der Waals surface area contributed by atoms with E-state index in [4.69, 9.17) is 5.84 Å². The van der Waals surface area contributed by atoms with Crippen molar-refractivity contribution in [2.75, 3.05) is 0 Å². The fraction of sp³-hybridized carbons (Fsp3) is 0. The van der Waals surface area contributed by atoms with Crippen molar-refractivity contribution in [3.63, 3.8) is 0 Å². The first kappa shape index (κ1) is 12.4. The van der Waals surface area contributed by atoms with E-state index in [2.05, 4.69) is 10.1 Å². The molecule has 0 unspecified atom stereocenters. The van der Waals surface area contributed by atoms with Crippen molar-refractivity contribution in [1.29, 1.82) is 0 Å². The van der Waals surface area contributed by atoms with E-state index in [1.807, 2.05) is 24.3 Å². The van der Waals surface area contributed by atoms with Crippen LogP contribution >= 0.6 is 11.3 Å². The molecular formula is C14H11N3O2S. The van der Waals surface area contributed by atoms with Gasteiger partial charge in [0.2, 0.25) is 0 Å². The summed E-state index contributed by atoms with van der Waals surface area (Å²) >= 11 is 1.44. The van der Waals surface area contributed by atoms with Gasteiger partial charge in [0.25, 0.3) is 0 Å². The minimum atomic E-state index is -0.0894. The number of hydrazone groups is 1. The molecule has 2 aromatic carbocycles. The van der Waals surface area contributed by atoms with E-state index in [-0.39, 0.29) is 11.5 Å². The number of nitrogens with zero attached hydrogens (tertiary/aromatic N) is 2. The van der Waals surface area contributed by atoms with E-state index in [0.29, 0.717) is 16.3 Å². The zero-order valence-corrected chi connectivity index (χ0v) is 11.1. The average molecular weight is 285 g/mol. The second-order valence-electron chi connectivity index (χ2n) is 4.17. The van der Waals surface area contributed by atoms with Gasteiger partial charge in [-0.2, -0.15) is 5.10 Å². The van der Waals surface area contributed by atoms with Crippen molar-refractivity contribution in [2.45, 2.75) is 0 Å². The molecule has 0 atom stereocenters. The molecule has 100 valence electrons. The van der Waals surface area contributed by atoms with Crippen molar-refractivity contribution in [1.82, 2.24) is 4.98 Å². The molecule has 0 fully saturated rings. The fourth-order valence-electron chi connectivity index (χ4n) is 1.93. The third-order valence-electron chi connectivity index (χ3n) is 2.86. The van der Waals surface area contributed by atoms with Crippen LogP contribution in [0.15, 0.2) is 47.6 Å². The summed E-state index contributed by atoms with van der Waals surface area (Å²) in [6, 6.07) is 12.0. The van der Waals surface area contributed by atoms with Gasteiger partial charge in [-0.15, -0.1) is 11.3 Å². The molecular weight excluding hydrogens is 274 g/mol. The molecule has 0 aliphatic carbocycles. The van der Waals surface area contributed by atoms with Crippen molar-refractivity contribution in [2.24, 2.45) is 10.9 Å². The van der Waals surface area contributed by atoms with E-state index in [1.165, 1.54) is 23.5 Å². The van der Waals surface area contributed by atoms with Gasteiger partial charge in [-0.3, -0.25) is 0 Å². The fourth-order valence-corrected chi connectivity index (χ4v) is 2.91. The highest BCUT2D eigenvalue weighted by atomic mass is 32.1. The van der Waals surface area contributed by atoms with Gasteiger partial charge >= 0.3 is 0 Å². The zero-order valence-electron chi connectivity index (χ0n) is 10.3. The Morgan fingerprint density at radius 1 is 1.15 bits per heavy atom. The highest BCUT2D eigenvalue weighted by Gasteiger charge is 2.16. The molecule has 1 heterocycles. The average Bonchev–Trinajstić information content (AvgIpc) is 2.85. The quantitative estimate of drug-likeness (QED) is 0.383. The van der Waals surface area contributed by atoms with Crippen LogP contribution in [0.1, 0.15) is 10.6 Å². The maximum Gasteiger partial charge on any atom is 0.145 e. The summed E-state index contributed by atoms with van der Waals surface area (Å²) in [7, 11) is 0. The molecule has 20 heavy (non-hydrogen) atoms. The van der Waals surface area contributed by atoms with Gasteiger partial charge in [-0.05, 0) is 24.3 Å². The van der Waals surface area contributed by atoms with Gasteiger partial charge in [0, 0.05) is 11.6 Å². The van der Waals surface area contributed by atoms with Gasteiger partial charge in [0.05, 0.1) is 10.2 Å². The number of nitrogens with two attached hydrogens (primary N) is 1. The van der Waals surface area contributed by atoms with Crippen molar-refractivity contribution >= 4 is 27.3 Å². The van der Waals surface area contributed by atoms with Crippen LogP contribution in [0.2, 0.25) is 0 Å². The normalized spacial score (nSPS) is 11.9. The number of aromatic hydroxyl groups is 2. The third kappa shape index (κ3) is 2.06. The Morgan fingerprint density at radius 3 is 2.65 bits per heavy atom. The Labute approximate surface area is 118 Å². The molecule has 0 radical (unpaired) electrons. The van der Waals surface area contributed by atoms with Crippen LogP contribution in [-0.2, 0) is 0 Å². The minimum absolute atomic E-state index is 0.0214. The molecule has 0 spiro atoms. The molecule has 0 bridgehead atoms. The first-order valence-corrected chi connectivity index (χ1v) is 6.67. The van der Waals surface area contributed by atoms with E-state index >= 15 is 0 Å². The highest BCUT2D eigenvalue weighted by Crippen LogP contribution is 2.29. The number of para-hydroxylation sites is 1. The summed E-state index contributed by atoms with van der Waals surface area (Å²) in [4.78, 5) is 4.46. The largest absolute Gasteiger partial charge is 0.508 e. The van der Waals surface area contributed by atoms with Crippen LogP contribution in [0.5, 0.6) is 11.5 Å². The number of phenols is 2. The van der Waals surface area contributed by atoms with Crippen LogP contribution in [0.25, 0.3) is 10.2 Å². The lowest BCUT2D eigenvalue weighted by Crippen LogP contribution is -2.06. The van der Waals surface area contributed by atoms with E-state index in [0.717, 1.165) is 10.2 Å². The zero-order chi connectivity index (χ0) is 14.1. The monoisotopic (exact) mass is 285 g/mol. The summed E-state index contributed by atoms with van der Waals surface area (Å²) in [5.74, 6) is 5.34. The molecule has 3 aromatic rings. The topological polar surface area (TPSA) is 91.7 Å². The predicted molar refractivity (Wildman–Crippen MR) is 79.2 cm³/mol. The van der Waals surface area contributed by atoms with Crippen molar-refractivity contribution in [3.05, 3.63) is 53.0 Å².